The van der Waals surface area contributed by atoms with E-state index in [1.807, 2.05) is 13.8 Å². The molecule has 0 radical (unpaired) electrons. The zero-order valence-electron chi connectivity index (χ0n) is 12.2. The predicted molar refractivity (Wildman–Crippen MR) is 78.8 cm³/mol. The molecule has 0 bridgehead atoms. The van der Waals surface area contributed by atoms with Crippen LogP contribution in [0.2, 0.25) is 5.02 Å². The Balaban J connectivity index is 2.67. The van der Waals surface area contributed by atoms with Gasteiger partial charge in [0.25, 0.3) is 0 Å². The largest absolute Gasteiger partial charge is 0.468 e. The lowest BCUT2D eigenvalue weighted by Crippen LogP contribution is -2.41. The van der Waals surface area contributed by atoms with E-state index >= 15 is 0 Å². The van der Waals surface area contributed by atoms with Gasteiger partial charge in [-0.2, -0.15) is 0 Å². The number of halogens is 2. The molecule has 116 valence electrons. The fraction of sp³-hybridized carbons (Fsp3) is 0.429. The molecule has 0 aliphatic heterocycles. The van der Waals surface area contributed by atoms with Crippen molar-refractivity contribution in [1.82, 2.24) is 4.90 Å². The van der Waals surface area contributed by atoms with E-state index in [1.165, 1.54) is 19.2 Å². The fourth-order valence-corrected chi connectivity index (χ4v) is 1.78. The number of hydrogen-bond acceptors (Lipinski definition) is 4. The summed E-state index contributed by atoms with van der Waals surface area (Å²) in [4.78, 5) is 24.8. The molecular weight excluding hydrogens is 299 g/mol. The average molecular weight is 317 g/mol. The Morgan fingerprint density at radius 2 is 2.05 bits per heavy atom. The van der Waals surface area contributed by atoms with Crippen LogP contribution in [0.25, 0.3) is 0 Å². The maximum atomic E-state index is 13.6. The van der Waals surface area contributed by atoms with Crippen LogP contribution in [-0.2, 0) is 14.3 Å². The van der Waals surface area contributed by atoms with Crippen LogP contribution in [0.1, 0.15) is 13.8 Å². The molecule has 0 heterocycles. The topological polar surface area (TPSA) is 58.6 Å². The summed E-state index contributed by atoms with van der Waals surface area (Å²) in [5.74, 6) is -1.47. The van der Waals surface area contributed by atoms with Crippen molar-refractivity contribution in [3.8, 4) is 0 Å². The molecule has 0 saturated carbocycles. The number of nitrogens with one attached hydrogen (secondary N) is 1. The number of rotatable bonds is 6. The zero-order chi connectivity index (χ0) is 16.0. The van der Waals surface area contributed by atoms with Gasteiger partial charge in [0.2, 0.25) is 5.91 Å². The first-order valence-electron chi connectivity index (χ1n) is 6.39. The highest BCUT2D eigenvalue weighted by atomic mass is 35.5. The summed E-state index contributed by atoms with van der Waals surface area (Å²) in [7, 11) is 1.28. The molecule has 1 amide bonds. The van der Waals surface area contributed by atoms with Crippen molar-refractivity contribution in [2.45, 2.75) is 19.9 Å². The maximum absolute atomic E-state index is 13.6. The highest BCUT2D eigenvalue weighted by Gasteiger charge is 2.18. The van der Waals surface area contributed by atoms with Crippen LogP contribution < -0.4 is 5.32 Å². The summed E-state index contributed by atoms with van der Waals surface area (Å²) in [6.45, 7) is 3.64. The molecular formula is C14H18ClFN2O3. The molecule has 0 unspecified atom stereocenters. The summed E-state index contributed by atoms with van der Waals surface area (Å²) in [5, 5.41) is 2.70. The Kier molecular flexibility index (Phi) is 6.58. The van der Waals surface area contributed by atoms with Crippen molar-refractivity contribution < 1.29 is 18.7 Å². The van der Waals surface area contributed by atoms with Crippen LogP contribution in [0.15, 0.2) is 18.2 Å². The van der Waals surface area contributed by atoms with Gasteiger partial charge in [-0.05, 0) is 32.0 Å². The molecule has 0 saturated heterocycles. The van der Waals surface area contributed by atoms with Crippen LogP contribution >= 0.6 is 11.6 Å². The van der Waals surface area contributed by atoms with Crippen molar-refractivity contribution in [3.05, 3.63) is 29.0 Å². The number of benzene rings is 1. The molecule has 0 atom stereocenters. The Hall–Kier alpha value is -1.66. The van der Waals surface area contributed by atoms with Crippen LogP contribution in [0, 0.1) is 5.82 Å². The molecule has 0 aliphatic carbocycles. The molecule has 0 spiro atoms. The van der Waals surface area contributed by atoms with Gasteiger partial charge in [-0.3, -0.25) is 14.5 Å². The van der Waals surface area contributed by atoms with Crippen molar-refractivity contribution in [2.75, 3.05) is 25.5 Å². The SMILES string of the molecule is COC(=O)CN(CC(=O)Nc1ccc(Cl)cc1F)C(C)C. The fourth-order valence-electron chi connectivity index (χ4n) is 1.62. The Labute approximate surface area is 128 Å². The van der Waals surface area contributed by atoms with E-state index < -0.39 is 17.7 Å². The molecule has 0 aromatic heterocycles. The van der Waals surface area contributed by atoms with Gasteiger partial charge in [0, 0.05) is 11.1 Å². The number of methoxy groups -OCH3 is 1. The standard InChI is InChI=1S/C14H18ClFN2O3/c1-9(2)18(8-14(20)21-3)7-13(19)17-12-5-4-10(15)6-11(12)16/h4-6,9H,7-8H2,1-3H3,(H,17,19). The molecule has 0 aliphatic rings. The van der Waals surface area contributed by atoms with Crippen molar-refractivity contribution in [2.24, 2.45) is 0 Å². The smallest absolute Gasteiger partial charge is 0.319 e. The molecule has 21 heavy (non-hydrogen) atoms. The summed E-state index contributed by atoms with van der Waals surface area (Å²) in [6, 6.07) is 3.95. The molecule has 7 heteroatoms. The third-order valence-electron chi connectivity index (χ3n) is 2.84. The molecule has 1 rings (SSSR count). The van der Waals surface area contributed by atoms with Crippen LogP contribution in [0.4, 0.5) is 10.1 Å². The van der Waals surface area contributed by atoms with E-state index in [0.29, 0.717) is 0 Å². The van der Waals surface area contributed by atoms with E-state index in [1.54, 1.807) is 4.90 Å². The second-order valence-corrected chi connectivity index (χ2v) is 5.18. The average Bonchev–Trinajstić information content (AvgIpc) is 2.40. The van der Waals surface area contributed by atoms with Gasteiger partial charge >= 0.3 is 5.97 Å². The third-order valence-corrected chi connectivity index (χ3v) is 3.08. The quantitative estimate of drug-likeness (QED) is 0.818. The summed E-state index contributed by atoms with van der Waals surface area (Å²) in [6.07, 6.45) is 0. The number of esters is 1. The minimum absolute atomic E-state index is 0.00924. The van der Waals surface area contributed by atoms with Crippen molar-refractivity contribution >= 4 is 29.2 Å². The van der Waals surface area contributed by atoms with Crippen LogP contribution in [0.3, 0.4) is 0 Å². The lowest BCUT2D eigenvalue weighted by Gasteiger charge is -2.24. The lowest BCUT2D eigenvalue weighted by atomic mass is 10.3. The van der Waals surface area contributed by atoms with E-state index in [9.17, 15) is 14.0 Å². The van der Waals surface area contributed by atoms with E-state index in [-0.39, 0.29) is 29.8 Å². The van der Waals surface area contributed by atoms with E-state index in [4.69, 9.17) is 11.6 Å². The normalized spacial score (nSPS) is 10.8. The van der Waals surface area contributed by atoms with Gasteiger partial charge in [0.05, 0.1) is 25.9 Å². The second kappa shape index (κ2) is 7.95. The Bertz CT molecular complexity index is 523. The highest BCUT2D eigenvalue weighted by molar-refractivity contribution is 6.30. The van der Waals surface area contributed by atoms with E-state index in [2.05, 4.69) is 10.1 Å². The minimum atomic E-state index is -0.611. The third kappa shape index (κ3) is 5.69. The van der Waals surface area contributed by atoms with Crippen molar-refractivity contribution in [1.29, 1.82) is 0 Å². The first-order valence-corrected chi connectivity index (χ1v) is 6.77. The Morgan fingerprint density at radius 3 is 2.57 bits per heavy atom. The van der Waals surface area contributed by atoms with Crippen molar-refractivity contribution in [3.63, 3.8) is 0 Å². The van der Waals surface area contributed by atoms with Crippen LogP contribution in [0.5, 0.6) is 0 Å². The summed E-state index contributed by atoms with van der Waals surface area (Å²) in [5.41, 5.74) is 0.0474. The number of ether oxygens (including phenoxy) is 1. The van der Waals surface area contributed by atoms with Gasteiger partial charge in [0.15, 0.2) is 0 Å². The molecule has 1 aromatic carbocycles. The van der Waals surface area contributed by atoms with Crippen LogP contribution in [-0.4, -0.2) is 43.0 Å². The predicted octanol–water partition coefficient (Wildman–Crippen LogP) is 2.30. The first kappa shape index (κ1) is 17.4. The number of carbonyl (C=O) groups excluding carboxylic acids is 2. The molecule has 1 N–H and O–H groups in total. The Morgan fingerprint density at radius 1 is 1.38 bits per heavy atom. The molecule has 5 nitrogen and oxygen atoms in total. The lowest BCUT2D eigenvalue weighted by molar-refractivity contribution is -0.142. The number of anilines is 1. The number of nitrogens with zero attached hydrogens (tertiary/aromatic N) is 1. The van der Waals surface area contributed by atoms with Gasteiger partial charge in [-0.1, -0.05) is 11.6 Å². The van der Waals surface area contributed by atoms with Gasteiger partial charge in [-0.25, -0.2) is 4.39 Å². The second-order valence-electron chi connectivity index (χ2n) is 4.75. The number of amides is 1. The monoisotopic (exact) mass is 316 g/mol. The number of hydrogen-bond donors (Lipinski definition) is 1. The maximum Gasteiger partial charge on any atom is 0.319 e. The first-order chi connectivity index (χ1) is 9.83. The minimum Gasteiger partial charge on any atom is -0.468 e. The van der Waals surface area contributed by atoms with E-state index in [0.717, 1.165) is 6.07 Å². The highest BCUT2D eigenvalue weighted by Crippen LogP contribution is 2.18. The molecule has 0 fully saturated rings. The molecule has 1 aromatic rings. The summed E-state index contributed by atoms with van der Waals surface area (Å²) < 4.78 is 18.2. The summed E-state index contributed by atoms with van der Waals surface area (Å²) >= 11 is 5.64. The number of carbonyl (C=O) groups is 2. The van der Waals surface area contributed by atoms with Gasteiger partial charge in [-0.15, -0.1) is 0 Å². The van der Waals surface area contributed by atoms with Gasteiger partial charge < -0.3 is 10.1 Å². The zero-order valence-corrected chi connectivity index (χ0v) is 12.9. The van der Waals surface area contributed by atoms with Gasteiger partial charge in [0.1, 0.15) is 5.82 Å².